The molecule has 0 bridgehead atoms. The van der Waals surface area contributed by atoms with Gasteiger partial charge in [-0.15, -0.1) is 0 Å². The first kappa shape index (κ1) is 34.9. The first-order valence-corrected chi connectivity index (χ1v) is 14.4. The number of halogens is 3. The zero-order chi connectivity index (χ0) is 33.0. The molecule has 3 aromatic carbocycles. The molecular weight excluding hydrogens is 589 g/mol. The van der Waals surface area contributed by atoms with Gasteiger partial charge in [-0.05, 0) is 61.6 Å². The molecule has 0 aromatic heterocycles. The summed E-state index contributed by atoms with van der Waals surface area (Å²) in [5.74, 6) is -0.910. The third kappa shape index (κ3) is 13.3. The van der Waals surface area contributed by atoms with Gasteiger partial charge in [0.15, 0.2) is 6.61 Å². The number of carbonyl (C=O) groups excluding carboxylic acids is 3. The monoisotopic (exact) mass is 628 g/mol. The minimum absolute atomic E-state index is 0.0424. The van der Waals surface area contributed by atoms with E-state index < -0.39 is 48.4 Å². The maximum Gasteiger partial charge on any atom is 0.422 e. The van der Waals surface area contributed by atoms with Gasteiger partial charge in [0.25, 0.3) is 0 Å². The fraction of sp³-hybridized carbons (Fsp3) is 0.364. The lowest BCUT2D eigenvalue weighted by Gasteiger charge is -2.21. The first-order valence-electron chi connectivity index (χ1n) is 14.4. The van der Waals surface area contributed by atoms with E-state index in [9.17, 15) is 27.6 Å². The molecule has 0 saturated carbocycles. The van der Waals surface area contributed by atoms with Crippen molar-refractivity contribution in [2.24, 2.45) is 5.73 Å². The van der Waals surface area contributed by atoms with Gasteiger partial charge in [0.1, 0.15) is 17.4 Å². The van der Waals surface area contributed by atoms with Gasteiger partial charge in [0, 0.05) is 19.5 Å². The number of hydrogen-bond acceptors (Lipinski definition) is 6. The van der Waals surface area contributed by atoms with E-state index in [0.29, 0.717) is 5.56 Å². The summed E-state index contributed by atoms with van der Waals surface area (Å²) in [5.41, 5.74) is 8.66. The van der Waals surface area contributed by atoms with E-state index in [-0.39, 0.29) is 31.7 Å². The Morgan fingerprint density at radius 2 is 1.27 bits per heavy atom. The van der Waals surface area contributed by atoms with Crippen LogP contribution in [0.2, 0.25) is 0 Å². The van der Waals surface area contributed by atoms with E-state index in [4.69, 9.17) is 15.2 Å². The van der Waals surface area contributed by atoms with Crippen LogP contribution in [-0.4, -0.2) is 48.4 Å². The smallest absolute Gasteiger partial charge is 0.422 e. The Morgan fingerprint density at radius 3 is 1.82 bits per heavy atom. The zero-order valence-corrected chi connectivity index (χ0v) is 25.4. The summed E-state index contributed by atoms with van der Waals surface area (Å²) in [6.45, 7) is 4.43. The van der Waals surface area contributed by atoms with E-state index in [1.165, 1.54) is 24.3 Å². The molecule has 0 fully saturated rings. The maximum atomic E-state index is 13.2. The van der Waals surface area contributed by atoms with Crippen molar-refractivity contribution >= 4 is 17.9 Å². The lowest BCUT2D eigenvalue weighted by Crippen LogP contribution is -2.52. The second-order valence-electron chi connectivity index (χ2n) is 11.5. The second kappa shape index (κ2) is 15.9. The molecule has 242 valence electrons. The number of benzene rings is 3. The Bertz CT molecular complexity index is 1390. The summed E-state index contributed by atoms with van der Waals surface area (Å²) < 4.78 is 47.1. The number of ether oxygens (including phenoxy) is 2. The Labute approximate surface area is 260 Å². The van der Waals surface area contributed by atoms with E-state index in [2.05, 4.69) is 16.0 Å². The van der Waals surface area contributed by atoms with Crippen LogP contribution in [0.25, 0.3) is 0 Å². The van der Waals surface area contributed by atoms with Gasteiger partial charge in [-0.1, -0.05) is 66.7 Å². The number of carbonyl (C=O) groups is 3. The summed E-state index contributed by atoms with van der Waals surface area (Å²) in [7, 11) is 0. The van der Waals surface area contributed by atoms with Gasteiger partial charge in [-0.2, -0.15) is 13.2 Å². The van der Waals surface area contributed by atoms with Crippen molar-refractivity contribution in [3.05, 3.63) is 101 Å². The lowest BCUT2D eigenvalue weighted by molar-refractivity contribution is -0.153. The summed E-state index contributed by atoms with van der Waals surface area (Å²) in [6, 6.07) is 20.4. The summed E-state index contributed by atoms with van der Waals surface area (Å²) >= 11 is 0. The van der Waals surface area contributed by atoms with Crippen LogP contribution in [0.5, 0.6) is 5.75 Å². The number of alkyl halides is 3. The summed E-state index contributed by atoms with van der Waals surface area (Å²) in [5, 5.41) is 8.30. The third-order valence-electron chi connectivity index (χ3n) is 6.36. The molecule has 0 heterocycles. The average Bonchev–Trinajstić information content (AvgIpc) is 2.98. The molecule has 3 amide bonds. The van der Waals surface area contributed by atoms with E-state index >= 15 is 0 Å². The number of hydrogen-bond donors (Lipinski definition) is 4. The predicted molar refractivity (Wildman–Crippen MR) is 163 cm³/mol. The number of amides is 3. The van der Waals surface area contributed by atoms with Crippen molar-refractivity contribution in [2.75, 3.05) is 6.61 Å². The molecule has 0 aliphatic rings. The quantitative estimate of drug-likeness (QED) is 0.220. The Kier molecular flexibility index (Phi) is 12.4. The van der Waals surface area contributed by atoms with Gasteiger partial charge in [0.2, 0.25) is 11.8 Å². The van der Waals surface area contributed by atoms with Crippen LogP contribution in [0.15, 0.2) is 78.9 Å². The maximum absolute atomic E-state index is 13.2. The van der Waals surface area contributed by atoms with Crippen molar-refractivity contribution in [3.63, 3.8) is 0 Å². The van der Waals surface area contributed by atoms with E-state index in [0.717, 1.165) is 16.7 Å². The largest absolute Gasteiger partial charge is 0.484 e. The number of nitrogens with one attached hydrogen (secondary N) is 3. The minimum atomic E-state index is -4.45. The molecule has 2 atom stereocenters. The van der Waals surface area contributed by atoms with Crippen molar-refractivity contribution in [1.82, 2.24) is 16.0 Å². The highest BCUT2D eigenvalue weighted by molar-refractivity contribution is 5.90. The van der Waals surface area contributed by atoms with Crippen LogP contribution < -0.4 is 26.4 Å². The molecule has 0 spiro atoms. The van der Waals surface area contributed by atoms with Crippen LogP contribution >= 0.6 is 0 Å². The molecule has 3 rings (SSSR count). The number of nitrogens with two attached hydrogens (primary N) is 1. The van der Waals surface area contributed by atoms with Gasteiger partial charge in [0.05, 0.1) is 6.04 Å². The fourth-order valence-corrected chi connectivity index (χ4v) is 4.15. The van der Waals surface area contributed by atoms with Crippen LogP contribution in [0.1, 0.15) is 43.0 Å². The molecule has 3 aromatic rings. The molecule has 0 aliphatic heterocycles. The van der Waals surface area contributed by atoms with Crippen LogP contribution in [0.3, 0.4) is 0 Å². The molecule has 0 radical (unpaired) electrons. The molecule has 0 aliphatic carbocycles. The van der Waals surface area contributed by atoms with Gasteiger partial charge >= 0.3 is 12.3 Å². The molecule has 0 saturated heterocycles. The van der Waals surface area contributed by atoms with E-state index in [1.807, 2.05) is 54.6 Å². The molecule has 9 nitrogen and oxygen atoms in total. The minimum Gasteiger partial charge on any atom is -0.484 e. The highest BCUT2D eigenvalue weighted by atomic mass is 19.4. The average molecular weight is 629 g/mol. The molecule has 12 heteroatoms. The Hall–Kier alpha value is -4.58. The normalized spacial score (nSPS) is 12.9. The predicted octanol–water partition coefficient (Wildman–Crippen LogP) is 4.57. The Balaban J connectivity index is 1.56. The van der Waals surface area contributed by atoms with Crippen molar-refractivity contribution in [2.45, 2.75) is 70.6 Å². The van der Waals surface area contributed by atoms with Gasteiger partial charge in [-0.3, -0.25) is 9.59 Å². The lowest BCUT2D eigenvalue weighted by atomic mass is 10.0. The topological polar surface area (TPSA) is 132 Å². The highest BCUT2D eigenvalue weighted by Gasteiger charge is 2.28. The third-order valence-corrected chi connectivity index (χ3v) is 6.36. The molecule has 5 N–H and O–H groups in total. The summed E-state index contributed by atoms with van der Waals surface area (Å²) in [6.07, 6.45) is -4.64. The zero-order valence-electron chi connectivity index (χ0n) is 25.4. The second-order valence-corrected chi connectivity index (χ2v) is 11.5. The van der Waals surface area contributed by atoms with Crippen molar-refractivity contribution < 1.29 is 37.0 Å². The van der Waals surface area contributed by atoms with Crippen molar-refractivity contribution in [3.8, 4) is 5.75 Å². The number of rotatable bonds is 13. The fourth-order valence-electron chi connectivity index (χ4n) is 4.15. The van der Waals surface area contributed by atoms with Gasteiger partial charge < -0.3 is 31.2 Å². The van der Waals surface area contributed by atoms with Crippen LogP contribution in [0.4, 0.5) is 18.0 Å². The van der Waals surface area contributed by atoms with Gasteiger partial charge in [-0.25, -0.2) is 4.79 Å². The summed E-state index contributed by atoms with van der Waals surface area (Å²) in [4.78, 5) is 38.2. The van der Waals surface area contributed by atoms with Crippen molar-refractivity contribution in [1.29, 1.82) is 0 Å². The van der Waals surface area contributed by atoms with Crippen LogP contribution in [-0.2, 0) is 40.3 Å². The Morgan fingerprint density at radius 1 is 0.733 bits per heavy atom. The highest BCUT2D eigenvalue weighted by Crippen LogP contribution is 2.19. The molecule has 1 unspecified atom stereocenters. The van der Waals surface area contributed by atoms with Crippen LogP contribution in [0, 0.1) is 0 Å². The number of alkyl carbamates (subject to hydrolysis) is 1. The standard InChI is InChI=1S/C33H39F3N4O5/c1-32(2,3)45-31(43)39-20-25-11-9-24(10-12-25)19-38-30(42)28(18-22-7-5-4-6-8-22)40-29(41)27(37)17-23-13-15-26(16-14-23)44-21-33(34,35)36/h4-16,27-28H,17-21,37H2,1-3H3,(H,38,42)(H,39,43)(H,40,41)/t27?,28-/m0/s1. The molecule has 45 heavy (non-hydrogen) atoms. The SMILES string of the molecule is CC(C)(C)OC(=O)NCc1ccc(CNC(=O)[C@H](Cc2ccccc2)NC(=O)C(N)Cc2ccc(OCC(F)(F)F)cc2)cc1. The van der Waals surface area contributed by atoms with E-state index in [1.54, 1.807) is 20.8 Å². The molecular formula is C33H39F3N4O5. The first-order chi connectivity index (χ1) is 21.2.